The Morgan fingerprint density at radius 2 is 1.94 bits per heavy atom. The Hall–Kier alpha value is -2.10. The van der Waals surface area contributed by atoms with Gasteiger partial charge < -0.3 is 5.73 Å². The van der Waals surface area contributed by atoms with Crippen molar-refractivity contribution in [3.8, 4) is 11.3 Å². The zero-order valence-corrected chi connectivity index (χ0v) is 10.8. The maximum atomic E-state index is 11.3. The molecule has 4 nitrogen and oxygen atoms in total. The van der Waals surface area contributed by atoms with E-state index in [0.717, 1.165) is 22.5 Å². The summed E-state index contributed by atoms with van der Waals surface area (Å²) in [7, 11) is 1.64. The molecule has 4 heteroatoms. The first-order valence-electron chi connectivity index (χ1n) is 5.93. The van der Waals surface area contributed by atoms with Gasteiger partial charge in [0.15, 0.2) is 0 Å². The predicted octanol–water partition coefficient (Wildman–Crippen LogP) is 2.15. The lowest BCUT2D eigenvalue weighted by Gasteiger charge is -2.11. The second-order valence-electron chi connectivity index (χ2n) is 4.68. The number of anilines is 1. The summed E-state index contributed by atoms with van der Waals surface area (Å²) in [6, 6.07) is 9.13. The Kier molecular flexibility index (Phi) is 3.19. The fourth-order valence-electron chi connectivity index (χ4n) is 1.92. The summed E-state index contributed by atoms with van der Waals surface area (Å²) in [5.74, 6) is 0.395. The number of nitrogen functional groups attached to an aromatic ring is 1. The molecule has 0 unspecified atom stereocenters. The van der Waals surface area contributed by atoms with Gasteiger partial charge in [-0.1, -0.05) is 26.0 Å². The first-order valence-corrected chi connectivity index (χ1v) is 5.93. The summed E-state index contributed by atoms with van der Waals surface area (Å²) in [4.78, 5) is 11.3. The van der Waals surface area contributed by atoms with Crippen LogP contribution in [0.25, 0.3) is 11.3 Å². The van der Waals surface area contributed by atoms with E-state index in [4.69, 9.17) is 5.73 Å². The van der Waals surface area contributed by atoms with E-state index in [-0.39, 0.29) is 5.56 Å². The molecule has 0 saturated carbocycles. The zero-order chi connectivity index (χ0) is 13.3. The normalized spacial score (nSPS) is 10.9. The molecule has 1 heterocycles. The molecule has 0 aliphatic heterocycles. The van der Waals surface area contributed by atoms with Crippen LogP contribution in [0, 0.1) is 0 Å². The van der Waals surface area contributed by atoms with Gasteiger partial charge in [0.25, 0.3) is 5.56 Å². The number of aromatic nitrogens is 2. The van der Waals surface area contributed by atoms with Crippen LogP contribution in [0.2, 0.25) is 0 Å². The topological polar surface area (TPSA) is 60.9 Å². The number of hydrogen-bond acceptors (Lipinski definition) is 3. The van der Waals surface area contributed by atoms with E-state index in [9.17, 15) is 4.79 Å². The van der Waals surface area contributed by atoms with Crippen LogP contribution < -0.4 is 11.3 Å². The van der Waals surface area contributed by atoms with Gasteiger partial charge in [0, 0.05) is 24.4 Å². The molecule has 0 saturated heterocycles. The molecule has 0 bridgehead atoms. The monoisotopic (exact) mass is 243 g/mol. The van der Waals surface area contributed by atoms with Crippen molar-refractivity contribution < 1.29 is 0 Å². The van der Waals surface area contributed by atoms with Crippen molar-refractivity contribution in [2.75, 3.05) is 5.73 Å². The lowest BCUT2D eigenvalue weighted by atomic mass is 9.98. The Balaban J connectivity index is 2.48. The average molecular weight is 243 g/mol. The van der Waals surface area contributed by atoms with Crippen LogP contribution in [0.3, 0.4) is 0 Å². The molecule has 2 N–H and O–H groups in total. The number of aryl methyl sites for hydroxylation is 1. The minimum absolute atomic E-state index is 0.120. The highest BCUT2D eigenvalue weighted by Gasteiger charge is 2.07. The first kappa shape index (κ1) is 12.4. The highest BCUT2D eigenvalue weighted by molar-refractivity contribution is 5.66. The zero-order valence-electron chi connectivity index (χ0n) is 10.8. The van der Waals surface area contributed by atoms with Crippen molar-refractivity contribution in [2.45, 2.75) is 19.8 Å². The Morgan fingerprint density at radius 1 is 1.22 bits per heavy atom. The summed E-state index contributed by atoms with van der Waals surface area (Å²) >= 11 is 0. The average Bonchev–Trinajstić information content (AvgIpc) is 2.32. The molecule has 2 rings (SSSR count). The second kappa shape index (κ2) is 4.64. The molecule has 18 heavy (non-hydrogen) atoms. The van der Waals surface area contributed by atoms with Crippen molar-refractivity contribution in [3.05, 3.63) is 46.2 Å². The van der Waals surface area contributed by atoms with E-state index in [1.54, 1.807) is 13.1 Å². The molecule has 0 fully saturated rings. The van der Waals surface area contributed by atoms with Crippen LogP contribution in [0.4, 0.5) is 5.69 Å². The maximum Gasteiger partial charge on any atom is 0.266 e. The molecule has 94 valence electrons. The van der Waals surface area contributed by atoms with Gasteiger partial charge >= 0.3 is 0 Å². The summed E-state index contributed by atoms with van der Waals surface area (Å²) in [5, 5.41) is 4.21. The third-order valence-electron chi connectivity index (χ3n) is 2.97. The van der Waals surface area contributed by atoms with Crippen LogP contribution in [0.15, 0.2) is 35.1 Å². The number of nitrogens with two attached hydrogens (primary N) is 1. The smallest absolute Gasteiger partial charge is 0.266 e. The molecule has 0 amide bonds. The molecular formula is C14H17N3O. The molecule has 2 aromatic rings. The SMILES string of the molecule is CC(C)c1ccc(-c2ccc(=O)n(C)n2)cc1N. The summed E-state index contributed by atoms with van der Waals surface area (Å²) in [5.41, 5.74) is 9.47. The molecule has 0 aliphatic carbocycles. The molecule has 1 aromatic heterocycles. The summed E-state index contributed by atoms with van der Waals surface area (Å²) < 4.78 is 1.32. The van der Waals surface area contributed by atoms with Crippen molar-refractivity contribution in [3.63, 3.8) is 0 Å². The third kappa shape index (κ3) is 2.27. The van der Waals surface area contributed by atoms with Gasteiger partial charge in [0.2, 0.25) is 0 Å². The van der Waals surface area contributed by atoms with Crippen LogP contribution >= 0.6 is 0 Å². The van der Waals surface area contributed by atoms with Gasteiger partial charge in [-0.05, 0) is 23.6 Å². The Labute approximate surface area is 106 Å². The quantitative estimate of drug-likeness (QED) is 0.822. The van der Waals surface area contributed by atoms with E-state index >= 15 is 0 Å². The number of nitrogens with zero attached hydrogens (tertiary/aromatic N) is 2. The summed E-state index contributed by atoms with van der Waals surface area (Å²) in [6.45, 7) is 4.21. The molecule has 0 radical (unpaired) electrons. The first-order chi connectivity index (χ1) is 8.49. The van der Waals surface area contributed by atoms with Crippen LogP contribution in [0.1, 0.15) is 25.3 Å². The number of benzene rings is 1. The van der Waals surface area contributed by atoms with Crippen LogP contribution in [-0.4, -0.2) is 9.78 Å². The maximum absolute atomic E-state index is 11.3. The van der Waals surface area contributed by atoms with Crippen molar-refractivity contribution in [1.82, 2.24) is 9.78 Å². The molecule has 1 aromatic carbocycles. The van der Waals surface area contributed by atoms with Crippen molar-refractivity contribution in [2.24, 2.45) is 7.05 Å². The second-order valence-corrected chi connectivity index (χ2v) is 4.68. The van der Waals surface area contributed by atoms with E-state index in [2.05, 4.69) is 18.9 Å². The highest BCUT2D eigenvalue weighted by atomic mass is 16.1. The Bertz CT molecular complexity index is 629. The molecular weight excluding hydrogens is 226 g/mol. The summed E-state index contributed by atoms with van der Waals surface area (Å²) in [6.07, 6.45) is 0. The van der Waals surface area contributed by atoms with Crippen molar-refractivity contribution >= 4 is 5.69 Å². The van der Waals surface area contributed by atoms with E-state index < -0.39 is 0 Å². The van der Waals surface area contributed by atoms with Gasteiger partial charge in [0.05, 0.1) is 5.69 Å². The van der Waals surface area contributed by atoms with Gasteiger partial charge in [-0.2, -0.15) is 5.10 Å². The fraction of sp³-hybridized carbons (Fsp3) is 0.286. The molecule has 0 aliphatic rings. The fourth-order valence-corrected chi connectivity index (χ4v) is 1.92. The number of rotatable bonds is 2. The van der Waals surface area contributed by atoms with Gasteiger partial charge in [-0.3, -0.25) is 4.79 Å². The lowest BCUT2D eigenvalue weighted by molar-refractivity contribution is 0.712. The molecule has 0 atom stereocenters. The van der Waals surface area contributed by atoms with Gasteiger partial charge in [-0.15, -0.1) is 0 Å². The molecule has 0 spiro atoms. The highest BCUT2D eigenvalue weighted by Crippen LogP contribution is 2.26. The van der Waals surface area contributed by atoms with E-state index in [1.165, 1.54) is 10.7 Å². The standard InChI is InChI=1S/C14H17N3O/c1-9(2)11-5-4-10(8-12(11)15)13-6-7-14(18)17(3)16-13/h4-9H,15H2,1-3H3. The number of hydrogen-bond donors (Lipinski definition) is 1. The predicted molar refractivity (Wildman–Crippen MR) is 73.4 cm³/mol. The third-order valence-corrected chi connectivity index (χ3v) is 2.97. The minimum Gasteiger partial charge on any atom is -0.398 e. The largest absolute Gasteiger partial charge is 0.398 e. The van der Waals surface area contributed by atoms with E-state index in [1.807, 2.05) is 18.2 Å². The van der Waals surface area contributed by atoms with Crippen LogP contribution in [-0.2, 0) is 7.05 Å². The van der Waals surface area contributed by atoms with E-state index in [0.29, 0.717) is 5.92 Å². The Morgan fingerprint density at radius 3 is 2.50 bits per heavy atom. The lowest BCUT2D eigenvalue weighted by Crippen LogP contribution is -2.18. The van der Waals surface area contributed by atoms with Gasteiger partial charge in [-0.25, -0.2) is 4.68 Å². The van der Waals surface area contributed by atoms with Crippen molar-refractivity contribution in [1.29, 1.82) is 0 Å². The minimum atomic E-state index is -0.120. The van der Waals surface area contributed by atoms with Gasteiger partial charge in [0.1, 0.15) is 0 Å². The van der Waals surface area contributed by atoms with Crippen LogP contribution in [0.5, 0.6) is 0 Å².